The molecule has 0 aliphatic carbocycles. The summed E-state index contributed by atoms with van der Waals surface area (Å²) >= 11 is 1.20. The van der Waals surface area contributed by atoms with E-state index in [2.05, 4.69) is 25.2 Å². The maximum absolute atomic E-state index is 13.9. The van der Waals surface area contributed by atoms with Gasteiger partial charge in [0.05, 0.1) is 43.3 Å². The first-order valence-corrected chi connectivity index (χ1v) is 15.6. The number of aromatic nitrogens is 3. The number of carboxylic acids is 1. The van der Waals surface area contributed by atoms with Gasteiger partial charge in [0.1, 0.15) is 17.3 Å². The Morgan fingerprint density at radius 1 is 1.13 bits per heavy atom. The molecule has 0 saturated carbocycles. The molecule has 242 valence electrons. The number of alkyl halides is 3. The topological polar surface area (TPSA) is 130 Å². The molecule has 2 fully saturated rings. The summed E-state index contributed by atoms with van der Waals surface area (Å²) in [6, 6.07) is 4.00. The van der Waals surface area contributed by atoms with Crippen molar-refractivity contribution < 1.29 is 37.3 Å². The van der Waals surface area contributed by atoms with Crippen molar-refractivity contribution in [3.05, 3.63) is 46.7 Å². The van der Waals surface area contributed by atoms with E-state index in [1.165, 1.54) is 43.0 Å². The Kier molecular flexibility index (Phi) is 10.2. The van der Waals surface area contributed by atoms with E-state index in [1.54, 1.807) is 0 Å². The predicted octanol–water partition coefficient (Wildman–Crippen LogP) is 5.18. The van der Waals surface area contributed by atoms with Gasteiger partial charge in [0, 0.05) is 42.7 Å². The smallest absolute Gasteiger partial charge is 0.419 e. The number of aliphatic carboxylic acids is 1. The van der Waals surface area contributed by atoms with E-state index in [-0.39, 0.29) is 34.1 Å². The monoisotopic (exact) mass is 648 g/mol. The molecular weight excluding hydrogens is 613 g/mol. The second kappa shape index (κ2) is 14.1. The van der Waals surface area contributed by atoms with Crippen molar-refractivity contribution in [3.63, 3.8) is 0 Å². The average molecular weight is 649 g/mol. The number of rotatable bonds is 11. The first-order valence-electron chi connectivity index (χ1n) is 14.8. The Morgan fingerprint density at radius 2 is 1.91 bits per heavy atom. The van der Waals surface area contributed by atoms with E-state index in [9.17, 15) is 27.9 Å². The van der Waals surface area contributed by atoms with Crippen LogP contribution in [0, 0.1) is 5.92 Å². The lowest BCUT2D eigenvalue weighted by molar-refractivity contribution is -0.142. The summed E-state index contributed by atoms with van der Waals surface area (Å²) in [4.78, 5) is 42.4. The quantitative estimate of drug-likeness (QED) is 0.287. The van der Waals surface area contributed by atoms with Crippen LogP contribution in [0.5, 0.6) is 5.75 Å². The molecule has 2 N–H and O–H groups in total. The molecule has 1 atom stereocenters. The van der Waals surface area contributed by atoms with Gasteiger partial charge in [0.25, 0.3) is 5.91 Å². The zero-order valence-corrected chi connectivity index (χ0v) is 25.8. The summed E-state index contributed by atoms with van der Waals surface area (Å²) in [7, 11) is 1.19. The summed E-state index contributed by atoms with van der Waals surface area (Å²) in [5.41, 5.74) is -0.273. The molecule has 3 aromatic rings. The maximum atomic E-state index is 13.9. The number of halogens is 3. The van der Waals surface area contributed by atoms with Crippen molar-refractivity contribution in [1.82, 2.24) is 19.9 Å². The minimum Gasteiger partial charge on any atom is -0.496 e. The van der Waals surface area contributed by atoms with E-state index < -0.39 is 23.6 Å². The lowest BCUT2D eigenvalue weighted by Crippen LogP contribution is -2.36. The third-order valence-electron chi connectivity index (χ3n) is 8.10. The summed E-state index contributed by atoms with van der Waals surface area (Å²) < 4.78 is 52.2. The fourth-order valence-electron chi connectivity index (χ4n) is 5.66. The fourth-order valence-corrected chi connectivity index (χ4v) is 6.67. The van der Waals surface area contributed by atoms with E-state index >= 15 is 0 Å². The summed E-state index contributed by atoms with van der Waals surface area (Å²) in [6.07, 6.45) is 1.09. The predicted molar refractivity (Wildman–Crippen MR) is 162 cm³/mol. The molecule has 1 amide bonds. The number of ether oxygens (including phenoxy) is 2. The van der Waals surface area contributed by atoms with Gasteiger partial charge in [-0.25, -0.2) is 15.0 Å². The molecule has 0 spiro atoms. The molecule has 2 saturated heterocycles. The van der Waals surface area contributed by atoms with E-state index in [0.717, 1.165) is 25.5 Å². The molecule has 2 aliphatic rings. The number of nitrogens with one attached hydrogen (secondary N) is 1. The fraction of sp³-hybridized carbons (Fsp3) is 0.500. The number of amides is 1. The summed E-state index contributed by atoms with van der Waals surface area (Å²) in [6.45, 7) is 5.35. The van der Waals surface area contributed by atoms with E-state index in [0.29, 0.717) is 62.1 Å². The molecule has 11 nitrogen and oxygen atoms in total. The number of carbonyl (C=O) groups excluding carboxylic acids is 1. The van der Waals surface area contributed by atoms with Gasteiger partial charge in [-0.2, -0.15) is 13.2 Å². The molecule has 2 aromatic heterocycles. The van der Waals surface area contributed by atoms with Crippen molar-refractivity contribution >= 4 is 34.2 Å². The molecule has 2 aliphatic heterocycles. The maximum Gasteiger partial charge on any atom is 0.419 e. The van der Waals surface area contributed by atoms with Crippen LogP contribution < -0.4 is 15.0 Å². The lowest BCUT2D eigenvalue weighted by Gasteiger charge is -2.30. The number of hydrogen-bond donors (Lipinski definition) is 2. The number of benzene rings is 1. The van der Waals surface area contributed by atoms with Gasteiger partial charge in [0.2, 0.25) is 0 Å². The number of piperidine rings is 1. The molecule has 1 aromatic carbocycles. The number of hydrogen-bond acceptors (Lipinski definition) is 10. The minimum atomic E-state index is -4.64. The number of carbonyl (C=O) groups is 2. The highest BCUT2D eigenvalue weighted by Gasteiger charge is 2.35. The lowest BCUT2D eigenvalue weighted by atomic mass is 9.97. The SMILES string of the molecule is CCOC[C@@H]1CCCN1Cc1sc(NC(=O)c2cnc(N3CCC(C(=O)O)CC3)cn2)nc1-c1ccc(OC)c(C(F)(F)F)c1. The van der Waals surface area contributed by atoms with Crippen LogP contribution in [0.4, 0.5) is 24.1 Å². The molecule has 4 heterocycles. The van der Waals surface area contributed by atoms with Crippen molar-refractivity contribution in [2.75, 3.05) is 50.2 Å². The van der Waals surface area contributed by atoms with Crippen LogP contribution >= 0.6 is 11.3 Å². The second-order valence-corrected chi connectivity index (χ2v) is 12.0. The molecule has 5 rings (SSSR count). The zero-order chi connectivity index (χ0) is 32.1. The summed E-state index contributed by atoms with van der Waals surface area (Å²) in [5, 5.41) is 12.2. The van der Waals surface area contributed by atoms with Crippen molar-refractivity contribution in [3.8, 4) is 17.0 Å². The Labute approximate surface area is 262 Å². The van der Waals surface area contributed by atoms with E-state index in [1.807, 2.05) is 11.8 Å². The third-order valence-corrected chi connectivity index (χ3v) is 9.05. The van der Waals surface area contributed by atoms with Crippen LogP contribution in [0.1, 0.15) is 53.5 Å². The Balaban J connectivity index is 1.38. The first kappa shape index (κ1) is 32.6. The normalized spacial score (nSPS) is 17.9. The zero-order valence-electron chi connectivity index (χ0n) is 25.0. The highest BCUT2D eigenvalue weighted by Crippen LogP contribution is 2.41. The highest BCUT2D eigenvalue weighted by molar-refractivity contribution is 7.16. The Morgan fingerprint density at radius 3 is 2.56 bits per heavy atom. The molecular formula is C30H35F3N6O5S. The van der Waals surface area contributed by atoms with Gasteiger partial charge < -0.3 is 19.5 Å². The molecule has 0 unspecified atom stereocenters. The van der Waals surface area contributed by atoms with Gasteiger partial charge in [-0.15, -0.1) is 0 Å². The highest BCUT2D eigenvalue weighted by atomic mass is 32.1. The van der Waals surface area contributed by atoms with Gasteiger partial charge >= 0.3 is 12.1 Å². The molecule has 0 radical (unpaired) electrons. The van der Waals surface area contributed by atoms with Crippen LogP contribution in [0.15, 0.2) is 30.6 Å². The number of methoxy groups -OCH3 is 1. The van der Waals surface area contributed by atoms with Gasteiger partial charge in [0.15, 0.2) is 5.13 Å². The van der Waals surface area contributed by atoms with Crippen LogP contribution in [0.25, 0.3) is 11.3 Å². The molecule has 15 heteroatoms. The Hall–Kier alpha value is -3.82. The largest absolute Gasteiger partial charge is 0.496 e. The first-order chi connectivity index (χ1) is 21.6. The van der Waals surface area contributed by atoms with Gasteiger partial charge in [-0.3, -0.25) is 19.8 Å². The second-order valence-electron chi connectivity index (χ2n) is 10.9. The number of thiazole rings is 1. The number of nitrogens with zero attached hydrogens (tertiary/aromatic N) is 5. The van der Waals surface area contributed by atoms with E-state index in [4.69, 9.17) is 9.47 Å². The Bertz CT molecular complexity index is 1490. The van der Waals surface area contributed by atoms with Crippen LogP contribution in [0.2, 0.25) is 0 Å². The number of anilines is 2. The van der Waals surface area contributed by atoms with Crippen LogP contribution in [-0.2, 0) is 22.3 Å². The van der Waals surface area contributed by atoms with Crippen molar-refractivity contribution in [1.29, 1.82) is 0 Å². The molecule has 45 heavy (non-hydrogen) atoms. The summed E-state index contributed by atoms with van der Waals surface area (Å²) in [5.74, 6) is -1.50. The third kappa shape index (κ3) is 7.71. The number of likely N-dealkylation sites (tertiary alicyclic amines) is 1. The molecule has 0 bridgehead atoms. The number of carboxylic acid groups (broad SMARTS) is 1. The van der Waals surface area contributed by atoms with Crippen molar-refractivity contribution in [2.24, 2.45) is 5.92 Å². The van der Waals surface area contributed by atoms with Crippen LogP contribution in [0.3, 0.4) is 0 Å². The standard InChI is InChI=1S/C30H35F3N6O5S/c1-3-44-17-20-5-4-10-39(20)16-24-26(19-6-7-23(43-2)21(13-19)30(31,32)33)36-29(45-24)37-27(40)22-14-35-25(15-34-22)38-11-8-18(9-12-38)28(41)42/h6-7,13-15,18,20H,3-5,8-12,16-17H2,1-2H3,(H,41,42)(H,36,37,40)/t20-/m0/s1. The van der Waals surface area contributed by atoms with Gasteiger partial charge in [-0.05, 0) is 57.4 Å². The van der Waals surface area contributed by atoms with Crippen molar-refractivity contribution in [2.45, 2.75) is 51.4 Å². The minimum absolute atomic E-state index is 0.0394. The van der Waals surface area contributed by atoms with Crippen LogP contribution in [-0.4, -0.2) is 82.8 Å². The average Bonchev–Trinajstić information content (AvgIpc) is 3.65. The van der Waals surface area contributed by atoms with Gasteiger partial charge in [-0.1, -0.05) is 11.3 Å².